The predicted molar refractivity (Wildman–Crippen MR) is 86.0 cm³/mol. The average molecular weight is 304 g/mol. The molecule has 0 heterocycles. The summed E-state index contributed by atoms with van der Waals surface area (Å²) in [7, 11) is 1.35. The number of benzene rings is 2. The third kappa shape index (κ3) is 4.50. The van der Waals surface area contributed by atoms with Crippen LogP contribution in [0.3, 0.4) is 0 Å². The molecule has 0 radical (unpaired) electrons. The number of carbonyl (C=O) groups is 1. The maximum Gasteiger partial charge on any atom is 0.339 e. The lowest BCUT2D eigenvalue weighted by molar-refractivity contribution is 0.0601. The zero-order chi connectivity index (χ0) is 15.1. The molecule has 0 saturated heterocycles. The largest absolute Gasteiger partial charge is 0.465 e. The van der Waals surface area contributed by atoms with Crippen molar-refractivity contribution in [1.29, 1.82) is 0 Å². The normalized spacial score (nSPS) is 10.2. The van der Waals surface area contributed by atoms with Crippen molar-refractivity contribution >= 4 is 23.3 Å². The second-order valence-corrected chi connectivity index (χ2v) is 5.11. The van der Waals surface area contributed by atoms with Crippen LogP contribution in [0, 0.1) is 0 Å². The van der Waals surface area contributed by atoms with Crippen molar-refractivity contribution in [3.63, 3.8) is 0 Å². The molecule has 0 spiro atoms. The number of hydrogen-bond donors (Lipinski definition) is 1. The molecule has 110 valence electrons. The minimum Gasteiger partial charge on any atom is -0.465 e. The quantitative estimate of drug-likeness (QED) is 0.643. The Hall–Kier alpha value is -2.00. The van der Waals surface area contributed by atoms with Gasteiger partial charge in [0.25, 0.3) is 0 Å². The first-order valence-corrected chi connectivity index (χ1v) is 7.24. The van der Waals surface area contributed by atoms with Gasteiger partial charge in [0.1, 0.15) is 0 Å². The third-order valence-electron chi connectivity index (χ3n) is 3.19. The van der Waals surface area contributed by atoms with Crippen LogP contribution >= 0.6 is 11.6 Å². The van der Waals surface area contributed by atoms with Crippen LogP contribution in [0.25, 0.3) is 0 Å². The van der Waals surface area contributed by atoms with Gasteiger partial charge in [-0.1, -0.05) is 41.9 Å². The van der Waals surface area contributed by atoms with E-state index >= 15 is 0 Å². The molecule has 0 bridgehead atoms. The van der Waals surface area contributed by atoms with Crippen molar-refractivity contribution in [1.82, 2.24) is 0 Å². The van der Waals surface area contributed by atoms with Crippen molar-refractivity contribution in [2.75, 3.05) is 19.0 Å². The smallest absolute Gasteiger partial charge is 0.339 e. The maximum absolute atomic E-state index is 11.6. The highest BCUT2D eigenvalue weighted by molar-refractivity contribution is 6.33. The first-order valence-electron chi connectivity index (χ1n) is 6.86. The van der Waals surface area contributed by atoms with Crippen molar-refractivity contribution in [2.24, 2.45) is 0 Å². The topological polar surface area (TPSA) is 38.3 Å². The standard InChI is InChI=1S/C17H18ClNO2/c1-21-17(20)15-12-14(9-10-16(15)18)19-11-5-8-13-6-3-2-4-7-13/h2-4,6-7,9-10,12,19H,5,8,11H2,1H3. The number of esters is 1. The Labute approximate surface area is 129 Å². The molecule has 0 aromatic heterocycles. The van der Waals surface area contributed by atoms with Crippen LogP contribution in [0.1, 0.15) is 22.3 Å². The third-order valence-corrected chi connectivity index (χ3v) is 3.52. The predicted octanol–water partition coefficient (Wildman–Crippen LogP) is 4.17. The van der Waals surface area contributed by atoms with Gasteiger partial charge in [-0.25, -0.2) is 4.79 Å². The fourth-order valence-corrected chi connectivity index (χ4v) is 2.27. The molecule has 0 aliphatic heterocycles. The number of carbonyl (C=O) groups excluding carboxylic acids is 1. The second kappa shape index (κ2) is 7.70. The number of hydrogen-bond acceptors (Lipinski definition) is 3. The summed E-state index contributed by atoms with van der Waals surface area (Å²) in [5.74, 6) is -0.423. The Morgan fingerprint density at radius 1 is 1.19 bits per heavy atom. The Morgan fingerprint density at radius 2 is 1.95 bits per heavy atom. The first kappa shape index (κ1) is 15.4. The van der Waals surface area contributed by atoms with Gasteiger partial charge in [-0.2, -0.15) is 0 Å². The molecule has 2 aromatic rings. The molecular formula is C17H18ClNO2. The van der Waals surface area contributed by atoms with Gasteiger partial charge < -0.3 is 10.1 Å². The Bertz CT molecular complexity index is 599. The summed E-state index contributed by atoms with van der Waals surface area (Å²) in [5, 5.41) is 3.69. The lowest BCUT2D eigenvalue weighted by atomic mass is 10.1. The summed E-state index contributed by atoms with van der Waals surface area (Å²) in [4.78, 5) is 11.6. The summed E-state index contributed by atoms with van der Waals surface area (Å²) in [6.45, 7) is 0.830. The van der Waals surface area contributed by atoms with E-state index in [1.54, 1.807) is 12.1 Å². The van der Waals surface area contributed by atoms with Crippen molar-refractivity contribution in [2.45, 2.75) is 12.8 Å². The highest BCUT2D eigenvalue weighted by atomic mass is 35.5. The lowest BCUT2D eigenvalue weighted by Gasteiger charge is -2.09. The Morgan fingerprint density at radius 3 is 2.67 bits per heavy atom. The molecule has 3 nitrogen and oxygen atoms in total. The molecule has 4 heteroatoms. The van der Waals surface area contributed by atoms with Gasteiger partial charge in [-0.3, -0.25) is 0 Å². The number of ether oxygens (including phenoxy) is 1. The van der Waals surface area contributed by atoms with Crippen LogP contribution in [-0.2, 0) is 11.2 Å². The Kier molecular flexibility index (Phi) is 5.64. The van der Waals surface area contributed by atoms with Crippen LogP contribution in [0.15, 0.2) is 48.5 Å². The van der Waals surface area contributed by atoms with Gasteiger partial charge in [-0.15, -0.1) is 0 Å². The Balaban J connectivity index is 1.87. The molecule has 0 fully saturated rings. The van der Waals surface area contributed by atoms with E-state index in [9.17, 15) is 4.79 Å². The number of rotatable bonds is 6. The van der Waals surface area contributed by atoms with E-state index < -0.39 is 5.97 Å². The number of nitrogens with one attached hydrogen (secondary N) is 1. The van der Waals surface area contributed by atoms with Crippen molar-refractivity contribution in [3.8, 4) is 0 Å². The van der Waals surface area contributed by atoms with Crippen LogP contribution in [-0.4, -0.2) is 19.6 Å². The molecule has 0 aliphatic carbocycles. The molecule has 1 N–H and O–H groups in total. The van der Waals surface area contributed by atoms with E-state index in [1.807, 2.05) is 24.3 Å². The average Bonchev–Trinajstić information content (AvgIpc) is 2.53. The van der Waals surface area contributed by atoms with E-state index in [0.29, 0.717) is 10.6 Å². The van der Waals surface area contributed by atoms with Gasteiger partial charge in [0.05, 0.1) is 17.7 Å². The molecule has 0 amide bonds. The molecule has 2 aromatic carbocycles. The van der Waals surface area contributed by atoms with Gasteiger partial charge >= 0.3 is 5.97 Å². The summed E-state index contributed by atoms with van der Waals surface area (Å²) < 4.78 is 4.70. The van der Waals surface area contributed by atoms with E-state index in [4.69, 9.17) is 16.3 Å². The highest BCUT2D eigenvalue weighted by Crippen LogP contribution is 2.21. The number of aryl methyl sites for hydroxylation is 1. The SMILES string of the molecule is COC(=O)c1cc(NCCCc2ccccc2)ccc1Cl. The molecule has 0 aliphatic rings. The number of methoxy groups -OCH3 is 1. The van der Waals surface area contributed by atoms with E-state index in [2.05, 4.69) is 17.4 Å². The molecular weight excluding hydrogens is 286 g/mol. The zero-order valence-corrected chi connectivity index (χ0v) is 12.7. The number of halogens is 1. The van der Waals surface area contributed by atoms with E-state index in [0.717, 1.165) is 25.1 Å². The number of anilines is 1. The summed E-state index contributed by atoms with van der Waals surface area (Å²) in [6.07, 6.45) is 2.03. The van der Waals surface area contributed by atoms with Crippen LogP contribution < -0.4 is 5.32 Å². The zero-order valence-electron chi connectivity index (χ0n) is 11.9. The first-order chi connectivity index (χ1) is 10.2. The summed E-state index contributed by atoms with van der Waals surface area (Å²) >= 11 is 5.98. The van der Waals surface area contributed by atoms with Gasteiger partial charge in [0.2, 0.25) is 0 Å². The minimum absolute atomic E-state index is 0.382. The van der Waals surface area contributed by atoms with Crippen LogP contribution in [0.5, 0.6) is 0 Å². The fraction of sp³-hybridized carbons (Fsp3) is 0.235. The van der Waals surface area contributed by atoms with Gasteiger partial charge in [0, 0.05) is 12.2 Å². The molecule has 2 rings (SSSR count). The van der Waals surface area contributed by atoms with E-state index in [-0.39, 0.29) is 0 Å². The second-order valence-electron chi connectivity index (χ2n) is 4.70. The van der Waals surface area contributed by atoms with Crippen LogP contribution in [0.2, 0.25) is 5.02 Å². The summed E-state index contributed by atoms with van der Waals surface area (Å²) in [5.41, 5.74) is 2.57. The van der Waals surface area contributed by atoms with Gasteiger partial charge in [-0.05, 0) is 36.6 Å². The molecule has 0 atom stereocenters. The molecule has 0 unspecified atom stereocenters. The minimum atomic E-state index is -0.423. The van der Waals surface area contributed by atoms with Crippen LogP contribution in [0.4, 0.5) is 5.69 Å². The molecule has 0 saturated carbocycles. The van der Waals surface area contributed by atoms with E-state index in [1.165, 1.54) is 12.7 Å². The highest BCUT2D eigenvalue weighted by Gasteiger charge is 2.11. The summed E-state index contributed by atoms with van der Waals surface area (Å²) in [6, 6.07) is 15.6. The lowest BCUT2D eigenvalue weighted by Crippen LogP contribution is -2.06. The van der Waals surface area contributed by atoms with Gasteiger partial charge in [0.15, 0.2) is 0 Å². The molecule has 21 heavy (non-hydrogen) atoms. The fourth-order valence-electron chi connectivity index (χ4n) is 2.07. The monoisotopic (exact) mass is 303 g/mol. The van der Waals surface area contributed by atoms with Crippen molar-refractivity contribution < 1.29 is 9.53 Å². The maximum atomic E-state index is 11.6. The van der Waals surface area contributed by atoms with Crippen molar-refractivity contribution in [3.05, 3.63) is 64.7 Å².